The van der Waals surface area contributed by atoms with Gasteiger partial charge < -0.3 is 4.90 Å². The molecule has 0 bridgehead atoms. The summed E-state index contributed by atoms with van der Waals surface area (Å²) in [4.78, 5) is 11.7. The van der Waals surface area contributed by atoms with Crippen LogP contribution in [0.25, 0.3) is 0 Å². The van der Waals surface area contributed by atoms with Gasteiger partial charge in [-0.3, -0.25) is 4.79 Å². The Labute approximate surface area is 85.6 Å². The zero-order valence-electron chi connectivity index (χ0n) is 8.35. The third-order valence-corrected chi connectivity index (χ3v) is 1.69. The molecular weight excluding hydrogens is 214 g/mol. The average Bonchev–Trinajstić information content (AvgIpc) is 2.16. The molecule has 0 spiro atoms. The SMILES string of the molecule is C=CCN(CCC)C(=O)C(F)(F)C(F)F. The second-order valence-electron chi connectivity index (χ2n) is 2.96. The predicted molar refractivity (Wildman–Crippen MR) is 48.0 cm³/mol. The molecule has 2 nitrogen and oxygen atoms in total. The van der Waals surface area contributed by atoms with Gasteiger partial charge in [-0.1, -0.05) is 13.0 Å². The summed E-state index contributed by atoms with van der Waals surface area (Å²) in [6.07, 6.45) is -2.34. The highest BCUT2D eigenvalue weighted by atomic mass is 19.3. The van der Waals surface area contributed by atoms with Crippen molar-refractivity contribution in [3.05, 3.63) is 12.7 Å². The van der Waals surface area contributed by atoms with Gasteiger partial charge in [-0.2, -0.15) is 8.78 Å². The van der Waals surface area contributed by atoms with Crippen LogP contribution in [-0.4, -0.2) is 36.2 Å². The molecule has 0 radical (unpaired) electrons. The molecule has 0 heterocycles. The van der Waals surface area contributed by atoms with Crippen molar-refractivity contribution in [1.29, 1.82) is 0 Å². The Bertz CT molecular complexity index is 230. The summed E-state index contributed by atoms with van der Waals surface area (Å²) in [6.45, 7) is 4.77. The monoisotopic (exact) mass is 227 g/mol. The van der Waals surface area contributed by atoms with Crippen molar-refractivity contribution < 1.29 is 22.4 Å². The number of hydrogen-bond donors (Lipinski definition) is 0. The Kier molecular flexibility index (Phi) is 5.32. The highest BCUT2D eigenvalue weighted by Gasteiger charge is 2.50. The molecule has 6 heteroatoms. The molecule has 0 fully saturated rings. The van der Waals surface area contributed by atoms with Crippen LogP contribution in [0.1, 0.15) is 13.3 Å². The average molecular weight is 227 g/mol. The lowest BCUT2D eigenvalue weighted by molar-refractivity contribution is -0.180. The summed E-state index contributed by atoms with van der Waals surface area (Å²) in [6, 6.07) is 0. The topological polar surface area (TPSA) is 20.3 Å². The fourth-order valence-electron chi connectivity index (χ4n) is 1.01. The molecule has 0 saturated carbocycles. The smallest absolute Gasteiger partial charge is 0.334 e. The van der Waals surface area contributed by atoms with Crippen molar-refractivity contribution in [1.82, 2.24) is 4.90 Å². The zero-order valence-corrected chi connectivity index (χ0v) is 8.35. The Balaban J connectivity index is 4.68. The van der Waals surface area contributed by atoms with Crippen LogP contribution in [0.5, 0.6) is 0 Å². The van der Waals surface area contributed by atoms with Crippen molar-refractivity contribution in [2.24, 2.45) is 0 Å². The van der Waals surface area contributed by atoms with Crippen LogP contribution in [-0.2, 0) is 4.79 Å². The lowest BCUT2D eigenvalue weighted by atomic mass is 10.2. The minimum absolute atomic E-state index is 0.00711. The van der Waals surface area contributed by atoms with Crippen LogP contribution in [0.3, 0.4) is 0 Å². The minimum Gasteiger partial charge on any atom is -0.334 e. The third kappa shape index (κ3) is 3.53. The number of halogens is 4. The normalized spacial score (nSPS) is 11.6. The largest absolute Gasteiger partial charge is 0.383 e. The van der Waals surface area contributed by atoms with E-state index < -0.39 is 18.3 Å². The molecule has 0 aliphatic carbocycles. The fraction of sp³-hybridized carbons (Fsp3) is 0.667. The zero-order chi connectivity index (χ0) is 12.1. The van der Waals surface area contributed by atoms with Gasteiger partial charge in [-0.05, 0) is 6.42 Å². The van der Waals surface area contributed by atoms with Crippen molar-refractivity contribution in [2.75, 3.05) is 13.1 Å². The summed E-state index contributed by atoms with van der Waals surface area (Å²) in [5, 5.41) is 0. The van der Waals surface area contributed by atoms with Gasteiger partial charge in [-0.25, -0.2) is 8.78 Å². The highest BCUT2D eigenvalue weighted by Crippen LogP contribution is 2.25. The Morgan fingerprint density at radius 2 is 2.07 bits per heavy atom. The van der Waals surface area contributed by atoms with E-state index in [1.54, 1.807) is 6.92 Å². The number of carbonyl (C=O) groups is 1. The summed E-state index contributed by atoms with van der Waals surface area (Å²) >= 11 is 0. The Morgan fingerprint density at radius 1 is 1.53 bits per heavy atom. The maximum Gasteiger partial charge on any atom is 0.383 e. The molecule has 0 aliphatic rings. The molecule has 0 saturated heterocycles. The van der Waals surface area contributed by atoms with Gasteiger partial charge in [0, 0.05) is 13.1 Å². The van der Waals surface area contributed by atoms with E-state index >= 15 is 0 Å². The first-order valence-corrected chi connectivity index (χ1v) is 4.44. The predicted octanol–water partition coefficient (Wildman–Crippen LogP) is 2.31. The molecule has 0 aromatic carbocycles. The van der Waals surface area contributed by atoms with E-state index in [2.05, 4.69) is 6.58 Å². The molecule has 0 rings (SSSR count). The van der Waals surface area contributed by atoms with Crippen molar-refractivity contribution in [2.45, 2.75) is 25.7 Å². The van der Waals surface area contributed by atoms with E-state index in [0.29, 0.717) is 11.3 Å². The standard InChI is InChI=1S/C9H13F4NO/c1-3-5-14(6-4-2)8(15)9(12,13)7(10)11/h3,7H,1,4-6H2,2H3. The first-order chi connectivity index (χ1) is 6.87. The summed E-state index contributed by atoms with van der Waals surface area (Å²) in [5.41, 5.74) is 0. The van der Waals surface area contributed by atoms with Crippen LogP contribution < -0.4 is 0 Å². The Hall–Kier alpha value is -1.07. The van der Waals surface area contributed by atoms with Gasteiger partial charge in [-0.15, -0.1) is 6.58 Å². The van der Waals surface area contributed by atoms with Crippen molar-refractivity contribution in [3.63, 3.8) is 0 Å². The molecule has 0 atom stereocenters. The molecule has 15 heavy (non-hydrogen) atoms. The molecule has 0 aromatic rings. The maximum absolute atomic E-state index is 12.7. The van der Waals surface area contributed by atoms with Gasteiger partial charge >= 0.3 is 12.3 Å². The molecule has 0 aromatic heterocycles. The van der Waals surface area contributed by atoms with E-state index in [1.807, 2.05) is 0 Å². The number of alkyl halides is 4. The highest BCUT2D eigenvalue weighted by molar-refractivity contribution is 5.84. The van der Waals surface area contributed by atoms with Gasteiger partial charge in [0.25, 0.3) is 5.91 Å². The summed E-state index contributed by atoms with van der Waals surface area (Å²) in [5.74, 6) is -6.46. The summed E-state index contributed by atoms with van der Waals surface area (Å²) in [7, 11) is 0. The number of rotatable bonds is 6. The fourth-order valence-corrected chi connectivity index (χ4v) is 1.01. The Morgan fingerprint density at radius 3 is 2.40 bits per heavy atom. The van der Waals surface area contributed by atoms with E-state index in [4.69, 9.17) is 0 Å². The van der Waals surface area contributed by atoms with E-state index in [-0.39, 0.29) is 13.1 Å². The molecule has 0 unspecified atom stereocenters. The van der Waals surface area contributed by atoms with Gasteiger partial charge in [0.05, 0.1) is 0 Å². The maximum atomic E-state index is 12.7. The number of nitrogens with zero attached hydrogens (tertiary/aromatic N) is 1. The summed E-state index contributed by atoms with van der Waals surface area (Å²) < 4.78 is 49.1. The van der Waals surface area contributed by atoms with Crippen molar-refractivity contribution in [3.8, 4) is 0 Å². The van der Waals surface area contributed by atoms with Crippen LogP contribution >= 0.6 is 0 Å². The van der Waals surface area contributed by atoms with E-state index in [0.717, 1.165) is 0 Å². The molecule has 0 aliphatic heterocycles. The van der Waals surface area contributed by atoms with Crippen LogP contribution in [0, 0.1) is 0 Å². The van der Waals surface area contributed by atoms with E-state index in [1.165, 1.54) is 6.08 Å². The van der Waals surface area contributed by atoms with E-state index in [9.17, 15) is 22.4 Å². The number of amides is 1. The first kappa shape index (κ1) is 13.9. The van der Waals surface area contributed by atoms with Gasteiger partial charge in [0.2, 0.25) is 0 Å². The van der Waals surface area contributed by atoms with Gasteiger partial charge in [0.1, 0.15) is 0 Å². The first-order valence-electron chi connectivity index (χ1n) is 4.44. The molecule has 88 valence electrons. The van der Waals surface area contributed by atoms with Crippen molar-refractivity contribution >= 4 is 5.91 Å². The molecule has 1 amide bonds. The lowest BCUT2D eigenvalue weighted by Crippen LogP contribution is -2.48. The number of hydrogen-bond acceptors (Lipinski definition) is 1. The van der Waals surface area contributed by atoms with Crippen LogP contribution in [0.4, 0.5) is 17.6 Å². The third-order valence-electron chi connectivity index (χ3n) is 1.69. The van der Waals surface area contributed by atoms with Crippen LogP contribution in [0.15, 0.2) is 12.7 Å². The van der Waals surface area contributed by atoms with Gasteiger partial charge in [0.15, 0.2) is 0 Å². The second-order valence-corrected chi connectivity index (χ2v) is 2.96. The molecular formula is C9H13F4NO. The van der Waals surface area contributed by atoms with Crippen LogP contribution in [0.2, 0.25) is 0 Å². The molecule has 0 N–H and O–H groups in total. The lowest BCUT2D eigenvalue weighted by Gasteiger charge is -2.25. The number of carbonyl (C=O) groups excluding carboxylic acids is 1. The quantitative estimate of drug-likeness (QED) is 0.503. The second kappa shape index (κ2) is 5.72. The minimum atomic E-state index is -4.61.